The molecule has 0 amide bonds. The van der Waals surface area contributed by atoms with Gasteiger partial charge in [0.05, 0.1) is 94.7 Å². The molecule has 18 aliphatic rings. The monoisotopic (exact) mass is 1110 g/mol. The molecule has 414 valence electrons. The third-order valence-corrected chi connectivity index (χ3v) is 19.6. The normalized spacial score (nSPS) is 45.5. The summed E-state index contributed by atoms with van der Waals surface area (Å²) in [4.78, 5) is 183. The number of fused-ring (bicyclic) bond motifs is 17. The Balaban J connectivity index is 0.0000000947. The second-order valence-corrected chi connectivity index (χ2v) is 22.8. The van der Waals surface area contributed by atoms with Crippen LogP contribution >= 0.6 is 0 Å². The van der Waals surface area contributed by atoms with Crippen molar-refractivity contribution in [1.29, 1.82) is 0 Å². The first-order valence-corrected chi connectivity index (χ1v) is 25.8. The van der Waals surface area contributed by atoms with Gasteiger partial charge in [0, 0.05) is 35.5 Å². The molecule has 26 nitrogen and oxygen atoms in total. The molecule has 16 fully saturated rings. The molecule has 8 aliphatic carbocycles. The molecule has 26 heteroatoms. The Labute approximate surface area is 447 Å². The summed E-state index contributed by atoms with van der Waals surface area (Å²) in [5.41, 5.74) is 0. The predicted octanol–water partition coefficient (Wildman–Crippen LogP) is -0.285. The smallest absolute Gasteiger partial charge is 0.318 e. The molecule has 0 aromatic rings. The molecule has 0 radical (unpaired) electrons. The SMILES string of the molecule is C=C1OC(=O)C2C1C1C(=O)OC(=O)C21.C=C1OC(=O)C2C3C=CC(C12)C1C(=O)OC(=O)C31.C=C1OC(=O)C2C3CC(C12)C1C(=O)OC(=O)C31.C=C1OC(=O)C2CC3C(=O)OC(=O)C3CC12.O=C1OC(=O)C2C1CC1C(=O)OC(=O)C12. The van der Waals surface area contributed by atoms with E-state index in [0.29, 0.717) is 30.1 Å². The summed E-state index contributed by atoms with van der Waals surface area (Å²) in [7, 11) is 0. The highest BCUT2D eigenvalue weighted by Gasteiger charge is 2.73. The zero-order chi connectivity index (χ0) is 56.7. The molecule has 10 heterocycles. The van der Waals surface area contributed by atoms with E-state index in [1.165, 1.54) is 0 Å². The first kappa shape index (κ1) is 50.9. The minimum Gasteiger partial charge on any atom is -0.431 e. The lowest BCUT2D eigenvalue weighted by atomic mass is 9.54. The topological polar surface area (TPSA) is 365 Å². The van der Waals surface area contributed by atoms with Crippen LogP contribution in [0.15, 0.2) is 61.5 Å². The van der Waals surface area contributed by atoms with E-state index in [9.17, 15) is 76.7 Å². The number of hydrogen-bond donors (Lipinski definition) is 0. The number of rotatable bonds is 0. The van der Waals surface area contributed by atoms with Gasteiger partial charge < -0.3 is 47.4 Å². The van der Waals surface area contributed by atoms with E-state index in [-0.39, 0.29) is 101 Å². The average Bonchev–Trinajstić information content (AvgIpc) is 2.51. The fourth-order valence-corrected chi connectivity index (χ4v) is 16.3. The maximum atomic E-state index is 11.8. The molecule has 10 saturated heterocycles. The highest BCUT2D eigenvalue weighted by molar-refractivity contribution is 6.06. The number of esters is 16. The van der Waals surface area contributed by atoms with Crippen LogP contribution in [0.3, 0.4) is 0 Å². The predicted molar refractivity (Wildman–Crippen MR) is 239 cm³/mol. The molecule has 18 rings (SSSR count). The number of carbonyl (C=O) groups is 16. The molecule has 0 aromatic heterocycles. The maximum Gasteiger partial charge on any atom is 0.318 e. The van der Waals surface area contributed by atoms with Crippen molar-refractivity contribution in [2.75, 3.05) is 0 Å². The van der Waals surface area contributed by atoms with E-state index in [0.717, 1.165) is 6.42 Å². The number of hydrogen-bond acceptors (Lipinski definition) is 26. The fraction of sp³-hybridized carbons (Fsp3) is 0.519. The second-order valence-electron chi connectivity index (χ2n) is 22.8. The lowest BCUT2D eigenvalue weighted by Gasteiger charge is -2.43. The fourth-order valence-electron chi connectivity index (χ4n) is 16.3. The van der Waals surface area contributed by atoms with Gasteiger partial charge in [0.1, 0.15) is 23.0 Å². The Kier molecular flexibility index (Phi) is 11.1. The Morgan fingerprint density at radius 3 is 1.01 bits per heavy atom. The van der Waals surface area contributed by atoms with Gasteiger partial charge in [-0.05, 0) is 37.5 Å². The molecule has 10 aliphatic heterocycles. The van der Waals surface area contributed by atoms with Crippen molar-refractivity contribution in [2.24, 2.45) is 142 Å². The largest absolute Gasteiger partial charge is 0.431 e. The van der Waals surface area contributed by atoms with Crippen LogP contribution in [0.4, 0.5) is 0 Å². The lowest BCUT2D eigenvalue weighted by molar-refractivity contribution is -0.158. The van der Waals surface area contributed by atoms with Crippen molar-refractivity contribution in [3.05, 3.63) is 61.5 Å². The van der Waals surface area contributed by atoms with Gasteiger partial charge >= 0.3 is 95.5 Å². The summed E-state index contributed by atoms with van der Waals surface area (Å²) < 4.78 is 47.2. The molecule has 80 heavy (non-hydrogen) atoms. The van der Waals surface area contributed by atoms with Crippen molar-refractivity contribution < 1.29 is 124 Å². The summed E-state index contributed by atoms with van der Waals surface area (Å²) in [5.74, 6) is -16.1. The molecule has 6 saturated carbocycles. The quantitative estimate of drug-likeness (QED) is 0.130. The van der Waals surface area contributed by atoms with Crippen molar-refractivity contribution >= 4 is 95.5 Å². The Bertz CT molecular complexity index is 2880. The summed E-state index contributed by atoms with van der Waals surface area (Å²) in [6.07, 6.45) is 5.46. The van der Waals surface area contributed by atoms with Gasteiger partial charge in [-0.1, -0.05) is 38.5 Å². The summed E-state index contributed by atoms with van der Waals surface area (Å²) >= 11 is 0. The zero-order valence-corrected chi connectivity index (χ0v) is 41.3. The molecular formula is C54H42O26. The van der Waals surface area contributed by atoms with Crippen LogP contribution in [0, 0.1) is 142 Å². The van der Waals surface area contributed by atoms with E-state index in [4.69, 9.17) is 23.7 Å². The third kappa shape index (κ3) is 6.94. The minimum absolute atomic E-state index is 0.00657. The average molecular weight is 1110 g/mol. The molecular weight excluding hydrogens is 1060 g/mol. The van der Waals surface area contributed by atoms with Crippen LogP contribution in [-0.4, -0.2) is 95.5 Å². The summed E-state index contributed by atoms with van der Waals surface area (Å²) in [6, 6.07) is 0. The zero-order valence-electron chi connectivity index (χ0n) is 41.3. The van der Waals surface area contributed by atoms with Gasteiger partial charge in [-0.2, -0.15) is 0 Å². The van der Waals surface area contributed by atoms with E-state index in [1.807, 2.05) is 12.2 Å². The van der Waals surface area contributed by atoms with Crippen molar-refractivity contribution in [3.8, 4) is 0 Å². The van der Waals surface area contributed by atoms with Crippen LogP contribution in [0.2, 0.25) is 0 Å². The first-order valence-electron chi connectivity index (χ1n) is 25.8. The van der Waals surface area contributed by atoms with Crippen LogP contribution < -0.4 is 0 Å². The van der Waals surface area contributed by atoms with Gasteiger partial charge in [-0.25, -0.2) is 0 Å². The number of ether oxygens (including phenoxy) is 10. The molecule has 0 aromatic carbocycles. The molecule has 0 N–H and O–H groups in total. The van der Waals surface area contributed by atoms with Gasteiger partial charge in [0.2, 0.25) is 0 Å². The Hall–Kier alpha value is -8.58. The van der Waals surface area contributed by atoms with Crippen LogP contribution in [-0.2, 0) is 124 Å². The highest BCUT2D eigenvalue weighted by Crippen LogP contribution is 2.65. The standard InChI is InChI=1S/C13H10O5.C12H10O5.C11H10O5.C9H6O6.C9H6O5/c1-4-7-5-2-3-6(8(7)11(14)17-4)10-9(5)12(15)18-13(10)16;1-3-6-4-2-5(7(6)10(13)16-3)9-8(4)11(14)17-12(9)15;1-4-5-2-7-8(11(14)16-10(7)13)3-6(5)9(12)15-4;10-6-2-1-3-5(4(2)8(12)14-6)9(13)15-7(3)11;1-2-3-4(7(10)13-2)6-5(3)8(11)14-9(6)12/h2-3,5-10H,1H2;4-9H,1-2H2;5-8H,1-3H2;2-5H,1H2;3-6H,1H2. The highest BCUT2D eigenvalue weighted by atomic mass is 16.6. The van der Waals surface area contributed by atoms with E-state index in [1.54, 1.807) is 0 Å². The van der Waals surface area contributed by atoms with Gasteiger partial charge in [-0.15, -0.1) is 0 Å². The van der Waals surface area contributed by atoms with Gasteiger partial charge in [0.15, 0.2) is 0 Å². The van der Waals surface area contributed by atoms with Crippen LogP contribution in [0.5, 0.6) is 0 Å². The van der Waals surface area contributed by atoms with E-state index < -0.39 is 149 Å². The molecule has 24 unspecified atom stereocenters. The van der Waals surface area contributed by atoms with Crippen LogP contribution in [0.1, 0.15) is 25.7 Å². The van der Waals surface area contributed by atoms with Crippen molar-refractivity contribution in [3.63, 3.8) is 0 Å². The first-order chi connectivity index (χ1) is 38.0. The molecule has 4 bridgehead atoms. The van der Waals surface area contributed by atoms with Crippen molar-refractivity contribution in [2.45, 2.75) is 25.7 Å². The van der Waals surface area contributed by atoms with E-state index in [2.05, 4.69) is 50.0 Å². The molecule has 0 spiro atoms. The maximum absolute atomic E-state index is 11.8. The Morgan fingerprint density at radius 1 is 0.225 bits per heavy atom. The lowest BCUT2D eigenvalue weighted by Crippen LogP contribution is -2.49. The van der Waals surface area contributed by atoms with Gasteiger partial charge in [-0.3, -0.25) is 76.7 Å². The number of cyclic esters (lactones) is 16. The Morgan fingerprint density at radius 2 is 0.487 bits per heavy atom. The van der Waals surface area contributed by atoms with Crippen LogP contribution in [0.25, 0.3) is 0 Å². The van der Waals surface area contributed by atoms with Gasteiger partial charge in [0.25, 0.3) is 0 Å². The second kappa shape index (κ2) is 17.5. The summed E-state index contributed by atoms with van der Waals surface area (Å²) in [6.45, 7) is 14.7. The number of allylic oxidation sites excluding steroid dienone is 6. The number of carbonyl (C=O) groups excluding carboxylic acids is 16. The molecule has 24 atom stereocenters. The minimum atomic E-state index is -0.804. The third-order valence-electron chi connectivity index (χ3n) is 19.6. The van der Waals surface area contributed by atoms with E-state index >= 15 is 0 Å². The summed E-state index contributed by atoms with van der Waals surface area (Å²) in [5, 5.41) is 0. The van der Waals surface area contributed by atoms with Crippen molar-refractivity contribution in [1.82, 2.24) is 0 Å².